The largest absolute Gasteiger partial charge is 0.327 e. The Labute approximate surface area is 156 Å². The molecule has 4 aromatic rings. The van der Waals surface area contributed by atoms with E-state index in [0.29, 0.717) is 11.0 Å². The van der Waals surface area contributed by atoms with Gasteiger partial charge in [0, 0.05) is 21.9 Å². The van der Waals surface area contributed by atoms with Crippen molar-refractivity contribution in [1.82, 2.24) is 19.7 Å². The summed E-state index contributed by atoms with van der Waals surface area (Å²) in [6, 6.07) is 13.4. The zero-order valence-corrected chi connectivity index (χ0v) is 15.5. The average molecular weight is 416 g/mol. The fourth-order valence-corrected chi connectivity index (χ4v) is 3.19. The minimum Gasteiger partial charge on any atom is -0.327 e. The zero-order valence-electron chi connectivity index (χ0n) is 13.1. The number of hydrazone groups is 1. The van der Waals surface area contributed by atoms with Crippen molar-refractivity contribution in [2.24, 2.45) is 12.1 Å². The molecule has 2 aromatic carbocycles. The summed E-state index contributed by atoms with van der Waals surface area (Å²) in [7, 11) is 1.95. The van der Waals surface area contributed by atoms with Crippen LogP contribution in [-0.2, 0) is 7.05 Å². The number of nitrogens with one attached hydrogen (secondary N) is 1. The summed E-state index contributed by atoms with van der Waals surface area (Å²) < 4.78 is 2.97. The molecule has 0 amide bonds. The zero-order chi connectivity index (χ0) is 17.4. The molecule has 0 aliphatic heterocycles. The number of nitrogens with zero attached hydrogens (tertiary/aromatic N) is 5. The number of aromatic nitrogens is 4. The third kappa shape index (κ3) is 3.08. The van der Waals surface area contributed by atoms with E-state index < -0.39 is 0 Å². The molecule has 0 saturated carbocycles. The molecule has 25 heavy (non-hydrogen) atoms. The second-order valence-corrected chi connectivity index (χ2v) is 6.81. The molecule has 1 N–H and O–H groups in total. The topological polar surface area (TPSA) is 68.0 Å². The van der Waals surface area contributed by atoms with Crippen LogP contribution in [0.1, 0.15) is 5.56 Å². The van der Waals surface area contributed by atoms with E-state index in [0.717, 1.165) is 32.1 Å². The maximum absolute atomic E-state index is 5.95. The van der Waals surface area contributed by atoms with Crippen molar-refractivity contribution in [3.8, 4) is 0 Å². The van der Waals surface area contributed by atoms with Crippen molar-refractivity contribution in [1.29, 1.82) is 0 Å². The van der Waals surface area contributed by atoms with Crippen molar-refractivity contribution >= 4 is 61.8 Å². The number of aryl methyl sites for hydroxylation is 1. The Morgan fingerprint density at radius 3 is 2.92 bits per heavy atom. The van der Waals surface area contributed by atoms with Gasteiger partial charge in [0.15, 0.2) is 5.65 Å². The van der Waals surface area contributed by atoms with E-state index in [-0.39, 0.29) is 0 Å². The predicted octanol–water partition coefficient (Wildman–Crippen LogP) is 4.38. The predicted molar refractivity (Wildman–Crippen MR) is 104 cm³/mol. The first-order valence-electron chi connectivity index (χ1n) is 7.45. The van der Waals surface area contributed by atoms with Crippen molar-refractivity contribution in [3.63, 3.8) is 0 Å². The van der Waals surface area contributed by atoms with Crippen molar-refractivity contribution in [2.75, 3.05) is 5.43 Å². The van der Waals surface area contributed by atoms with Crippen LogP contribution in [0.25, 0.3) is 22.1 Å². The molecule has 0 bridgehead atoms. The Balaban J connectivity index is 1.67. The highest BCUT2D eigenvalue weighted by atomic mass is 79.9. The van der Waals surface area contributed by atoms with Gasteiger partial charge in [-0.2, -0.15) is 10.1 Å². The molecule has 0 aliphatic carbocycles. The molecule has 0 saturated heterocycles. The number of benzene rings is 2. The van der Waals surface area contributed by atoms with Crippen LogP contribution in [0.5, 0.6) is 0 Å². The van der Waals surface area contributed by atoms with Crippen LogP contribution in [-0.4, -0.2) is 26.0 Å². The SMILES string of the molecule is Cn1c2ccc(Br)cc2c2nnc(N/N=C/c3cccc(Cl)c3)nc21. The lowest BCUT2D eigenvalue weighted by Crippen LogP contribution is -2.00. The van der Waals surface area contributed by atoms with Crippen LogP contribution in [0.3, 0.4) is 0 Å². The Morgan fingerprint density at radius 2 is 2.08 bits per heavy atom. The Bertz CT molecular complexity index is 1120. The quantitative estimate of drug-likeness (QED) is 0.398. The van der Waals surface area contributed by atoms with Crippen LogP contribution in [0, 0.1) is 0 Å². The van der Waals surface area contributed by atoms with Gasteiger partial charge in [0.2, 0.25) is 0 Å². The van der Waals surface area contributed by atoms with E-state index >= 15 is 0 Å². The summed E-state index contributed by atoms with van der Waals surface area (Å²) in [6.07, 6.45) is 1.65. The lowest BCUT2D eigenvalue weighted by Gasteiger charge is -1.99. The third-order valence-corrected chi connectivity index (χ3v) is 4.52. The Hall–Kier alpha value is -2.51. The van der Waals surface area contributed by atoms with E-state index in [4.69, 9.17) is 11.6 Å². The lowest BCUT2D eigenvalue weighted by molar-refractivity contribution is 0.949. The standard InChI is InChI=1S/C17H12BrClN6/c1-25-14-6-5-11(18)8-13(14)15-16(25)21-17(24-22-15)23-20-9-10-3-2-4-12(19)7-10/h2-9H,1H3,(H,21,23,24)/b20-9+. The number of halogens is 2. The molecule has 0 unspecified atom stereocenters. The van der Waals surface area contributed by atoms with Crippen LogP contribution >= 0.6 is 27.5 Å². The van der Waals surface area contributed by atoms with Gasteiger partial charge in [-0.1, -0.05) is 39.7 Å². The molecule has 0 atom stereocenters. The Morgan fingerprint density at radius 1 is 1.20 bits per heavy atom. The third-order valence-electron chi connectivity index (χ3n) is 3.79. The summed E-state index contributed by atoms with van der Waals surface area (Å²) in [4.78, 5) is 4.51. The fourth-order valence-electron chi connectivity index (χ4n) is 2.63. The van der Waals surface area contributed by atoms with Gasteiger partial charge in [-0.05, 0) is 35.9 Å². The molecule has 124 valence electrons. The van der Waals surface area contributed by atoms with E-state index in [1.165, 1.54) is 0 Å². The summed E-state index contributed by atoms with van der Waals surface area (Å²) >= 11 is 9.44. The summed E-state index contributed by atoms with van der Waals surface area (Å²) in [5.74, 6) is 0.329. The number of fused-ring (bicyclic) bond motifs is 3. The molecule has 2 aromatic heterocycles. The summed E-state index contributed by atoms with van der Waals surface area (Å²) in [5, 5.41) is 14.2. The lowest BCUT2D eigenvalue weighted by atomic mass is 10.2. The minimum atomic E-state index is 0.329. The van der Waals surface area contributed by atoms with E-state index in [2.05, 4.69) is 41.6 Å². The normalized spacial score (nSPS) is 11.6. The number of hydrogen-bond donors (Lipinski definition) is 1. The van der Waals surface area contributed by atoms with Crippen molar-refractivity contribution < 1.29 is 0 Å². The highest BCUT2D eigenvalue weighted by Gasteiger charge is 2.12. The average Bonchev–Trinajstić information content (AvgIpc) is 2.87. The Kier molecular flexibility index (Phi) is 4.10. The van der Waals surface area contributed by atoms with Gasteiger partial charge in [0.25, 0.3) is 5.95 Å². The second-order valence-electron chi connectivity index (χ2n) is 5.45. The van der Waals surface area contributed by atoms with Crippen LogP contribution in [0.15, 0.2) is 52.0 Å². The maximum Gasteiger partial charge on any atom is 0.265 e. The van der Waals surface area contributed by atoms with Crippen LogP contribution in [0.4, 0.5) is 5.95 Å². The van der Waals surface area contributed by atoms with Gasteiger partial charge in [0.1, 0.15) is 5.52 Å². The van der Waals surface area contributed by atoms with Crippen molar-refractivity contribution in [2.45, 2.75) is 0 Å². The molecule has 8 heteroatoms. The van der Waals surface area contributed by atoms with Gasteiger partial charge < -0.3 is 4.57 Å². The van der Waals surface area contributed by atoms with Gasteiger partial charge >= 0.3 is 0 Å². The molecule has 0 spiro atoms. The number of rotatable bonds is 3. The smallest absolute Gasteiger partial charge is 0.265 e. The minimum absolute atomic E-state index is 0.329. The van der Waals surface area contributed by atoms with Crippen molar-refractivity contribution in [3.05, 3.63) is 57.5 Å². The summed E-state index contributed by atoms with van der Waals surface area (Å²) in [6.45, 7) is 0. The van der Waals surface area contributed by atoms with Gasteiger partial charge in [0.05, 0.1) is 11.7 Å². The molecule has 0 aliphatic rings. The highest BCUT2D eigenvalue weighted by molar-refractivity contribution is 9.10. The molecule has 0 fully saturated rings. The van der Waals surface area contributed by atoms with Gasteiger partial charge in [-0.3, -0.25) is 0 Å². The molecule has 4 rings (SSSR count). The van der Waals surface area contributed by atoms with Crippen LogP contribution < -0.4 is 5.43 Å². The second kappa shape index (κ2) is 6.42. The van der Waals surface area contributed by atoms with Crippen LogP contribution in [0.2, 0.25) is 5.02 Å². The highest BCUT2D eigenvalue weighted by Crippen LogP contribution is 2.27. The summed E-state index contributed by atoms with van der Waals surface area (Å²) in [5.41, 5.74) is 6.22. The maximum atomic E-state index is 5.95. The first-order valence-corrected chi connectivity index (χ1v) is 8.62. The molecule has 0 radical (unpaired) electrons. The van der Waals surface area contributed by atoms with E-state index in [9.17, 15) is 0 Å². The number of hydrogen-bond acceptors (Lipinski definition) is 5. The number of anilines is 1. The van der Waals surface area contributed by atoms with E-state index in [1.54, 1.807) is 6.21 Å². The van der Waals surface area contributed by atoms with E-state index in [1.807, 2.05) is 54.1 Å². The molecular formula is C17H12BrClN6. The van der Waals surface area contributed by atoms with Gasteiger partial charge in [-0.25, -0.2) is 5.43 Å². The van der Waals surface area contributed by atoms with Gasteiger partial charge in [-0.15, -0.1) is 10.2 Å². The fraction of sp³-hybridized carbons (Fsp3) is 0.0588. The first kappa shape index (κ1) is 16.0. The molecular weight excluding hydrogens is 404 g/mol. The first-order chi connectivity index (χ1) is 12.1. The molecule has 6 nitrogen and oxygen atoms in total. The molecule has 2 heterocycles. The monoisotopic (exact) mass is 414 g/mol.